The van der Waals surface area contributed by atoms with Crippen LogP contribution in [0.5, 0.6) is 17.2 Å². The number of rotatable bonds is 15. The van der Waals surface area contributed by atoms with Gasteiger partial charge >= 0.3 is 0 Å². The zero-order valence-corrected chi connectivity index (χ0v) is 24.1. The summed E-state index contributed by atoms with van der Waals surface area (Å²) in [5, 5.41) is 10.9. The van der Waals surface area contributed by atoms with Gasteiger partial charge in [0.2, 0.25) is 5.75 Å². The van der Waals surface area contributed by atoms with E-state index < -0.39 is 0 Å². The molecule has 0 amide bonds. The molecule has 0 saturated carbocycles. The van der Waals surface area contributed by atoms with Gasteiger partial charge in [-0.15, -0.1) is 0 Å². The molecule has 7 heteroatoms. The van der Waals surface area contributed by atoms with Crippen LogP contribution in [0.4, 0.5) is 0 Å². The van der Waals surface area contributed by atoms with Crippen molar-refractivity contribution in [2.75, 3.05) is 28.4 Å². The Morgan fingerprint density at radius 2 is 1.73 bits per heavy atom. The van der Waals surface area contributed by atoms with Crippen LogP contribution in [-0.4, -0.2) is 45.8 Å². The molecule has 1 aromatic heterocycles. The van der Waals surface area contributed by atoms with Crippen LogP contribution in [0, 0.1) is 18.8 Å². The highest BCUT2D eigenvalue weighted by Crippen LogP contribution is 2.40. The fraction of sp³-hybridized carbons (Fsp3) is 0.633. The molecule has 0 saturated heterocycles. The molecule has 0 bridgehead atoms. The maximum absolute atomic E-state index is 13.2. The summed E-state index contributed by atoms with van der Waals surface area (Å²) in [5.41, 5.74) is 1.80. The molecule has 0 radical (unpaired) electrons. The minimum atomic E-state index is -0.219. The first kappa shape index (κ1) is 30.7. The second-order valence-corrected chi connectivity index (χ2v) is 10.0. The molecule has 0 spiro atoms. The second kappa shape index (κ2) is 14.4. The lowest BCUT2D eigenvalue weighted by atomic mass is 9.84. The van der Waals surface area contributed by atoms with Crippen LogP contribution in [0.25, 0.3) is 11.0 Å². The summed E-state index contributed by atoms with van der Waals surface area (Å²) in [5.74, 6) is 1.23. The Bertz CT molecular complexity index is 1100. The Morgan fingerprint density at radius 3 is 2.30 bits per heavy atom. The Balaban J connectivity index is 2.19. The van der Waals surface area contributed by atoms with E-state index in [0.29, 0.717) is 23.5 Å². The van der Waals surface area contributed by atoms with E-state index in [1.165, 1.54) is 25.9 Å². The highest BCUT2D eigenvalue weighted by atomic mass is 16.5. The van der Waals surface area contributed by atoms with Gasteiger partial charge in [0, 0.05) is 38.2 Å². The number of unbranched alkanes of at least 4 members (excludes halogenated alkanes) is 1. The molecule has 37 heavy (non-hydrogen) atoms. The van der Waals surface area contributed by atoms with Crippen molar-refractivity contribution < 1.29 is 28.5 Å². The van der Waals surface area contributed by atoms with Crippen LogP contribution in [-0.2, 0) is 15.9 Å². The van der Waals surface area contributed by atoms with Gasteiger partial charge in [0.25, 0.3) is 0 Å². The monoisotopic (exact) mass is 518 g/mol. The lowest BCUT2D eigenvalue weighted by molar-refractivity contribution is -0.0533. The van der Waals surface area contributed by atoms with Gasteiger partial charge in [0.15, 0.2) is 16.8 Å². The summed E-state index contributed by atoms with van der Waals surface area (Å²) < 4.78 is 28.5. The fourth-order valence-corrected chi connectivity index (χ4v) is 5.17. The Labute approximate surface area is 221 Å². The number of hydrogen-bond acceptors (Lipinski definition) is 7. The Kier molecular flexibility index (Phi) is 12.0. The molecule has 0 unspecified atom stereocenters. The van der Waals surface area contributed by atoms with E-state index in [-0.39, 0.29) is 51.9 Å². The van der Waals surface area contributed by atoms with Gasteiger partial charge in [0.1, 0.15) is 16.9 Å². The van der Waals surface area contributed by atoms with Gasteiger partial charge in [-0.05, 0) is 52.4 Å². The van der Waals surface area contributed by atoms with Crippen LogP contribution in [0.1, 0.15) is 71.1 Å². The standard InChI is InChI=1S/C30H46O7/c1-10-18(2)13-11-12-14-22(33-6)21(5)29(36-9)19(3)15-16-23-20(4)27(31)26-24(34-7)17-25(35-8)28(32)30(26)37-23/h10,17,19,21-22,29,32H,11-16H2,1-9H3/b18-10+/t19-,21+,22-,29-/m0/s1. The zero-order valence-electron chi connectivity index (χ0n) is 24.1. The average molecular weight is 519 g/mol. The van der Waals surface area contributed by atoms with Crippen molar-refractivity contribution in [3.63, 3.8) is 0 Å². The van der Waals surface area contributed by atoms with E-state index in [4.69, 9.17) is 23.4 Å². The first-order chi connectivity index (χ1) is 17.6. The number of aromatic hydroxyl groups is 1. The molecule has 4 atom stereocenters. The molecule has 0 aliphatic heterocycles. The molecule has 2 rings (SSSR count). The van der Waals surface area contributed by atoms with Gasteiger partial charge in [-0.25, -0.2) is 0 Å². The predicted octanol–water partition coefficient (Wildman–Crippen LogP) is 6.59. The van der Waals surface area contributed by atoms with Gasteiger partial charge < -0.3 is 28.5 Å². The molecular weight excluding hydrogens is 472 g/mol. The SMILES string of the molecule is C/C=C(\C)CCCC[C@H](OC)[C@@H](C)[C@@H](OC)[C@@H](C)CCc1oc2c(O)c(OC)cc(OC)c2c(=O)c1C. The van der Waals surface area contributed by atoms with E-state index in [1.807, 2.05) is 0 Å². The van der Waals surface area contributed by atoms with Crippen molar-refractivity contribution in [1.29, 1.82) is 0 Å². The first-order valence-electron chi connectivity index (χ1n) is 13.2. The second-order valence-electron chi connectivity index (χ2n) is 10.0. The lowest BCUT2D eigenvalue weighted by Crippen LogP contribution is -2.37. The minimum Gasteiger partial charge on any atom is -0.502 e. The summed E-state index contributed by atoms with van der Waals surface area (Å²) in [7, 11) is 6.44. The normalized spacial score (nSPS) is 15.4. The number of hydrogen-bond donors (Lipinski definition) is 1. The van der Waals surface area contributed by atoms with E-state index in [9.17, 15) is 9.90 Å². The average Bonchev–Trinajstić information content (AvgIpc) is 2.90. The van der Waals surface area contributed by atoms with Crippen LogP contribution in [0.15, 0.2) is 26.9 Å². The predicted molar refractivity (Wildman–Crippen MR) is 148 cm³/mol. The largest absolute Gasteiger partial charge is 0.502 e. The van der Waals surface area contributed by atoms with E-state index in [0.717, 1.165) is 32.1 Å². The number of methoxy groups -OCH3 is 4. The minimum absolute atomic E-state index is 0.0108. The number of phenolic OH excluding ortho intramolecular Hbond substituents is 1. The first-order valence-corrected chi connectivity index (χ1v) is 13.2. The van der Waals surface area contributed by atoms with Gasteiger partial charge in [0.05, 0.1) is 26.4 Å². The topological polar surface area (TPSA) is 87.4 Å². The Morgan fingerprint density at radius 1 is 1.05 bits per heavy atom. The number of ether oxygens (including phenoxy) is 4. The van der Waals surface area contributed by atoms with Crippen LogP contribution in [0.3, 0.4) is 0 Å². The number of benzene rings is 1. The molecule has 1 heterocycles. The molecule has 0 fully saturated rings. The van der Waals surface area contributed by atoms with Gasteiger partial charge in [-0.2, -0.15) is 0 Å². The molecule has 2 aromatic rings. The number of allylic oxidation sites excluding steroid dienone is 2. The lowest BCUT2D eigenvalue weighted by Gasteiger charge is -2.33. The quantitative estimate of drug-likeness (QED) is 0.210. The van der Waals surface area contributed by atoms with Crippen molar-refractivity contribution in [3.8, 4) is 17.2 Å². The molecule has 0 aliphatic rings. The molecule has 7 nitrogen and oxygen atoms in total. The van der Waals surface area contributed by atoms with Crippen molar-refractivity contribution in [2.45, 2.75) is 85.4 Å². The van der Waals surface area contributed by atoms with E-state index in [1.54, 1.807) is 21.1 Å². The van der Waals surface area contributed by atoms with Crippen molar-refractivity contribution >= 4 is 11.0 Å². The number of aryl methyl sites for hydroxylation is 1. The molecular formula is C30H46O7. The van der Waals surface area contributed by atoms with E-state index >= 15 is 0 Å². The van der Waals surface area contributed by atoms with Crippen molar-refractivity contribution in [2.24, 2.45) is 11.8 Å². The highest BCUT2D eigenvalue weighted by Gasteiger charge is 2.30. The molecule has 1 aromatic carbocycles. The maximum atomic E-state index is 13.2. The van der Waals surface area contributed by atoms with Gasteiger partial charge in [-0.3, -0.25) is 4.79 Å². The van der Waals surface area contributed by atoms with Crippen LogP contribution in [0.2, 0.25) is 0 Å². The summed E-state index contributed by atoms with van der Waals surface area (Å²) in [4.78, 5) is 13.2. The van der Waals surface area contributed by atoms with E-state index in [2.05, 4.69) is 33.8 Å². The summed E-state index contributed by atoms with van der Waals surface area (Å²) in [6, 6.07) is 1.49. The molecule has 0 aliphatic carbocycles. The third-order valence-electron chi connectivity index (χ3n) is 7.70. The number of phenols is 1. The summed E-state index contributed by atoms with van der Waals surface area (Å²) >= 11 is 0. The third-order valence-corrected chi connectivity index (χ3v) is 7.70. The highest BCUT2D eigenvalue weighted by molar-refractivity contribution is 5.91. The smallest absolute Gasteiger partial charge is 0.202 e. The maximum Gasteiger partial charge on any atom is 0.202 e. The van der Waals surface area contributed by atoms with Crippen molar-refractivity contribution in [1.82, 2.24) is 0 Å². The van der Waals surface area contributed by atoms with Gasteiger partial charge in [-0.1, -0.05) is 31.9 Å². The Hall–Kier alpha value is -2.51. The van der Waals surface area contributed by atoms with Crippen molar-refractivity contribution in [3.05, 3.63) is 39.3 Å². The molecule has 208 valence electrons. The van der Waals surface area contributed by atoms with Crippen LogP contribution >= 0.6 is 0 Å². The molecule has 1 N–H and O–H groups in total. The number of fused-ring (bicyclic) bond motifs is 1. The summed E-state index contributed by atoms with van der Waals surface area (Å²) in [6.45, 7) is 10.4. The fourth-order valence-electron chi connectivity index (χ4n) is 5.17. The third kappa shape index (κ3) is 7.29. The zero-order chi connectivity index (χ0) is 27.7. The van der Waals surface area contributed by atoms with Crippen LogP contribution < -0.4 is 14.9 Å². The summed E-state index contributed by atoms with van der Waals surface area (Å²) in [6.07, 6.45) is 7.92.